The fourth-order valence-electron chi connectivity index (χ4n) is 2.89. The minimum absolute atomic E-state index is 0.926. The Kier molecular flexibility index (Phi) is 3.67. The molecule has 1 aromatic carbocycles. The van der Waals surface area contributed by atoms with Crippen molar-refractivity contribution in [1.29, 1.82) is 0 Å². The van der Waals surface area contributed by atoms with E-state index in [1.807, 2.05) is 0 Å². The standard InChI is InChI=1S/C15H24OSi2/c1-17(2,3)15(13-9-7-6-8-10-13)14-11-12-16-18(14,4)5/h6-10H,11-12H2,1-5H3/b15-14+. The van der Waals surface area contributed by atoms with E-state index < -0.39 is 16.4 Å². The third-order valence-corrected chi connectivity index (χ3v) is 8.88. The minimum Gasteiger partial charge on any atom is -0.413 e. The van der Waals surface area contributed by atoms with E-state index in [1.165, 1.54) is 5.56 Å². The molecule has 1 nitrogen and oxygen atoms in total. The second-order valence-electron chi connectivity index (χ2n) is 6.58. The largest absolute Gasteiger partial charge is 0.413 e. The highest BCUT2D eigenvalue weighted by Gasteiger charge is 2.38. The van der Waals surface area contributed by atoms with E-state index in [2.05, 4.69) is 63.1 Å². The average molecular weight is 277 g/mol. The Hall–Kier alpha value is -0.646. The molecule has 3 heteroatoms. The summed E-state index contributed by atoms with van der Waals surface area (Å²) in [4.78, 5) is 0. The third-order valence-electron chi connectivity index (χ3n) is 3.66. The smallest absolute Gasteiger partial charge is 0.214 e. The van der Waals surface area contributed by atoms with Crippen LogP contribution in [-0.4, -0.2) is 23.0 Å². The molecule has 0 aliphatic carbocycles. The highest BCUT2D eigenvalue weighted by Crippen LogP contribution is 2.38. The second kappa shape index (κ2) is 4.80. The van der Waals surface area contributed by atoms with E-state index in [0.717, 1.165) is 13.0 Å². The fraction of sp³-hybridized carbons (Fsp3) is 0.467. The van der Waals surface area contributed by atoms with Crippen molar-refractivity contribution in [1.82, 2.24) is 0 Å². The molecule has 0 saturated carbocycles. The lowest BCUT2D eigenvalue weighted by Gasteiger charge is -2.28. The third kappa shape index (κ3) is 2.68. The van der Waals surface area contributed by atoms with Crippen LogP contribution >= 0.6 is 0 Å². The molecule has 1 fully saturated rings. The Balaban J connectivity index is 2.61. The van der Waals surface area contributed by atoms with Gasteiger partial charge in [0.05, 0.1) is 8.07 Å². The maximum absolute atomic E-state index is 6.05. The maximum Gasteiger partial charge on any atom is 0.214 e. The lowest BCUT2D eigenvalue weighted by Crippen LogP contribution is -2.33. The van der Waals surface area contributed by atoms with Gasteiger partial charge in [0.25, 0.3) is 0 Å². The predicted octanol–water partition coefficient (Wildman–Crippen LogP) is 4.48. The van der Waals surface area contributed by atoms with Gasteiger partial charge >= 0.3 is 0 Å². The van der Waals surface area contributed by atoms with E-state index in [0.29, 0.717) is 0 Å². The highest BCUT2D eigenvalue weighted by molar-refractivity contribution is 6.97. The van der Waals surface area contributed by atoms with Gasteiger partial charge in [-0.15, -0.1) is 0 Å². The van der Waals surface area contributed by atoms with Gasteiger partial charge in [-0.05, 0) is 25.1 Å². The lowest BCUT2D eigenvalue weighted by molar-refractivity contribution is 0.350. The van der Waals surface area contributed by atoms with E-state index in [9.17, 15) is 0 Å². The molecule has 98 valence electrons. The molecule has 0 radical (unpaired) electrons. The maximum atomic E-state index is 6.05. The van der Waals surface area contributed by atoms with Crippen molar-refractivity contribution < 1.29 is 4.43 Å². The zero-order chi connectivity index (χ0) is 13.4. The topological polar surface area (TPSA) is 9.23 Å². The first-order chi connectivity index (χ1) is 8.32. The average Bonchev–Trinajstić information content (AvgIpc) is 2.59. The Labute approximate surface area is 113 Å². The number of hydrogen-bond acceptors (Lipinski definition) is 1. The van der Waals surface area contributed by atoms with E-state index in [4.69, 9.17) is 4.43 Å². The second-order valence-corrected chi connectivity index (χ2v) is 15.5. The van der Waals surface area contributed by atoms with Crippen molar-refractivity contribution in [2.75, 3.05) is 6.61 Å². The zero-order valence-corrected chi connectivity index (χ0v) is 14.2. The molecule has 2 rings (SSSR count). The number of hydrogen-bond donors (Lipinski definition) is 0. The molecule has 18 heavy (non-hydrogen) atoms. The molecule has 1 aromatic rings. The summed E-state index contributed by atoms with van der Waals surface area (Å²) in [7, 11) is -2.96. The van der Waals surface area contributed by atoms with Crippen LogP contribution in [0.25, 0.3) is 5.20 Å². The minimum atomic E-state index is -1.61. The van der Waals surface area contributed by atoms with Crippen LogP contribution in [0.15, 0.2) is 35.5 Å². The van der Waals surface area contributed by atoms with Crippen LogP contribution in [0.3, 0.4) is 0 Å². The van der Waals surface area contributed by atoms with Crippen molar-refractivity contribution in [3.8, 4) is 0 Å². The monoisotopic (exact) mass is 276 g/mol. The summed E-state index contributed by atoms with van der Waals surface area (Å²) in [5.41, 5.74) is 1.43. The van der Waals surface area contributed by atoms with Crippen molar-refractivity contribution in [3.05, 3.63) is 41.1 Å². The van der Waals surface area contributed by atoms with Gasteiger partial charge in [0.1, 0.15) is 0 Å². The van der Waals surface area contributed by atoms with Gasteiger partial charge in [-0.1, -0.05) is 60.4 Å². The molecule has 1 heterocycles. The molecule has 0 N–H and O–H groups in total. The quantitative estimate of drug-likeness (QED) is 0.724. The summed E-state index contributed by atoms with van der Waals surface area (Å²) in [6, 6.07) is 10.9. The summed E-state index contributed by atoms with van der Waals surface area (Å²) in [5, 5.41) is 3.31. The van der Waals surface area contributed by atoms with Crippen molar-refractivity contribution in [3.63, 3.8) is 0 Å². The first kappa shape index (κ1) is 13.8. The number of benzene rings is 1. The summed E-state index contributed by atoms with van der Waals surface area (Å²) in [5.74, 6) is 0. The number of rotatable bonds is 2. The van der Waals surface area contributed by atoms with Crippen LogP contribution in [0, 0.1) is 0 Å². The molecular weight excluding hydrogens is 252 g/mol. The Bertz CT molecular complexity index is 455. The van der Waals surface area contributed by atoms with Crippen LogP contribution in [0.5, 0.6) is 0 Å². The zero-order valence-electron chi connectivity index (χ0n) is 12.2. The van der Waals surface area contributed by atoms with Gasteiger partial charge in [-0.25, -0.2) is 0 Å². The van der Waals surface area contributed by atoms with Gasteiger partial charge < -0.3 is 4.43 Å². The first-order valence-corrected chi connectivity index (χ1v) is 13.2. The summed E-state index contributed by atoms with van der Waals surface area (Å²) < 4.78 is 6.05. The van der Waals surface area contributed by atoms with Gasteiger partial charge in [0, 0.05) is 6.61 Å². The molecule has 0 amide bonds. The van der Waals surface area contributed by atoms with Crippen LogP contribution in [0.4, 0.5) is 0 Å². The molecule has 0 unspecified atom stereocenters. The SMILES string of the molecule is C[Si](C)(C)/C(=C1\CCO[Si]1(C)C)c1ccccc1. The van der Waals surface area contributed by atoms with Crippen molar-refractivity contribution in [2.24, 2.45) is 0 Å². The van der Waals surface area contributed by atoms with Crippen molar-refractivity contribution in [2.45, 2.75) is 39.2 Å². The summed E-state index contributed by atoms with van der Waals surface area (Å²) in [6.07, 6.45) is 1.15. The van der Waals surface area contributed by atoms with E-state index >= 15 is 0 Å². The van der Waals surface area contributed by atoms with Crippen LogP contribution in [0.2, 0.25) is 32.7 Å². The molecule has 0 bridgehead atoms. The van der Waals surface area contributed by atoms with Gasteiger partial charge in [-0.3, -0.25) is 0 Å². The van der Waals surface area contributed by atoms with Gasteiger partial charge in [0.15, 0.2) is 0 Å². The summed E-state index contributed by atoms with van der Waals surface area (Å²) >= 11 is 0. The lowest BCUT2D eigenvalue weighted by atomic mass is 10.2. The normalized spacial score (nSPS) is 22.1. The van der Waals surface area contributed by atoms with E-state index in [-0.39, 0.29) is 0 Å². The molecule has 0 aromatic heterocycles. The molecule has 0 atom stereocenters. The molecule has 1 saturated heterocycles. The first-order valence-electron chi connectivity index (χ1n) is 6.76. The molecule has 1 aliphatic heterocycles. The van der Waals surface area contributed by atoms with Crippen LogP contribution in [-0.2, 0) is 4.43 Å². The Morgan fingerprint density at radius 3 is 2.17 bits per heavy atom. The Morgan fingerprint density at radius 1 is 1.11 bits per heavy atom. The van der Waals surface area contributed by atoms with E-state index in [1.54, 1.807) is 10.4 Å². The van der Waals surface area contributed by atoms with Crippen LogP contribution < -0.4 is 0 Å². The summed E-state index contributed by atoms with van der Waals surface area (Å²) in [6.45, 7) is 13.0. The molecular formula is C15H24OSi2. The Morgan fingerprint density at radius 2 is 1.72 bits per heavy atom. The molecule has 0 spiro atoms. The molecule has 1 aliphatic rings. The van der Waals surface area contributed by atoms with Crippen molar-refractivity contribution >= 4 is 21.6 Å². The van der Waals surface area contributed by atoms with Gasteiger partial charge in [-0.2, -0.15) is 0 Å². The predicted molar refractivity (Wildman–Crippen MR) is 84.8 cm³/mol. The van der Waals surface area contributed by atoms with Gasteiger partial charge in [0.2, 0.25) is 8.32 Å². The fourth-order valence-corrected chi connectivity index (χ4v) is 9.22. The highest BCUT2D eigenvalue weighted by atomic mass is 28.4. The van der Waals surface area contributed by atoms with Crippen LogP contribution in [0.1, 0.15) is 12.0 Å².